The van der Waals surface area contributed by atoms with E-state index in [2.05, 4.69) is 59.6 Å². The number of rotatable bonds is 5. The number of nitrogens with one attached hydrogen (secondary N) is 1. The van der Waals surface area contributed by atoms with Crippen molar-refractivity contribution in [2.24, 2.45) is 11.8 Å². The van der Waals surface area contributed by atoms with Gasteiger partial charge in [0.15, 0.2) is 0 Å². The Morgan fingerprint density at radius 1 is 1.00 bits per heavy atom. The number of aromatic amines is 1. The summed E-state index contributed by atoms with van der Waals surface area (Å²) in [5.74, 6) is 0.928. The summed E-state index contributed by atoms with van der Waals surface area (Å²) in [6.07, 6.45) is 9.15. The van der Waals surface area contributed by atoms with Crippen LogP contribution in [0.1, 0.15) is 50.0 Å². The minimum atomic E-state index is -0.676. The fraction of sp³-hybridized carbons (Fsp3) is 0.321. The summed E-state index contributed by atoms with van der Waals surface area (Å²) in [5, 5.41) is 20.0. The van der Waals surface area contributed by atoms with E-state index in [0.717, 1.165) is 53.3 Å². The fourth-order valence-corrected chi connectivity index (χ4v) is 5.13. The highest BCUT2D eigenvalue weighted by molar-refractivity contribution is 5.68. The Balaban J connectivity index is 1.27. The fourth-order valence-electron chi connectivity index (χ4n) is 5.13. The van der Waals surface area contributed by atoms with E-state index in [1.54, 1.807) is 0 Å². The van der Waals surface area contributed by atoms with Crippen LogP contribution in [0.2, 0.25) is 0 Å². The minimum Gasteiger partial charge on any atom is -0.481 e. The number of benzene rings is 2. The summed E-state index contributed by atoms with van der Waals surface area (Å²) in [5.41, 5.74) is 4.73. The molecule has 1 unspecified atom stereocenters. The van der Waals surface area contributed by atoms with Gasteiger partial charge in [-0.05, 0) is 66.7 Å². The van der Waals surface area contributed by atoms with Crippen LogP contribution in [-0.4, -0.2) is 21.0 Å². The summed E-state index contributed by atoms with van der Waals surface area (Å²) < 4.78 is 0. The van der Waals surface area contributed by atoms with Gasteiger partial charge in [0, 0.05) is 12.0 Å². The molecule has 0 spiro atoms. The summed E-state index contributed by atoms with van der Waals surface area (Å²) in [4.78, 5) is 19.0. The Labute approximate surface area is 193 Å². The number of nitrogens with zero attached hydrogens (tertiary/aromatic N) is 2. The van der Waals surface area contributed by atoms with E-state index in [9.17, 15) is 4.79 Å². The SMILES string of the molecule is N#CC1C=c2[nH]c(-c3ccc(-c4ccc(C5CCC(CC(=O)O)CC5)cc4)cc3)nc2=CC1. The molecule has 5 nitrogen and oxygen atoms in total. The standard InChI is InChI=1S/C28H27N3O2/c29-17-19-3-14-25-26(15-19)31-28(30-25)24-12-10-23(11-13-24)22-8-6-21(7-9-22)20-4-1-18(2-5-20)16-27(32)33/h6-15,18-20H,1-5,16H2,(H,30,31)(H,32,33). The van der Waals surface area contributed by atoms with Crippen LogP contribution >= 0.6 is 0 Å². The van der Waals surface area contributed by atoms with E-state index in [-0.39, 0.29) is 5.92 Å². The lowest BCUT2D eigenvalue weighted by atomic mass is 9.77. The summed E-state index contributed by atoms with van der Waals surface area (Å²) in [6, 6.07) is 19.5. The van der Waals surface area contributed by atoms with Gasteiger partial charge in [-0.15, -0.1) is 0 Å². The van der Waals surface area contributed by atoms with Gasteiger partial charge in [-0.2, -0.15) is 5.26 Å². The third-order valence-electron chi connectivity index (χ3n) is 7.04. The van der Waals surface area contributed by atoms with Crippen molar-refractivity contribution < 1.29 is 9.90 Å². The van der Waals surface area contributed by atoms with Crippen molar-refractivity contribution in [3.8, 4) is 28.6 Å². The number of H-pyrrole nitrogens is 1. The zero-order valence-corrected chi connectivity index (χ0v) is 18.5. The molecular weight excluding hydrogens is 410 g/mol. The van der Waals surface area contributed by atoms with Gasteiger partial charge in [-0.3, -0.25) is 4.79 Å². The third kappa shape index (κ3) is 4.61. The van der Waals surface area contributed by atoms with E-state index in [1.165, 1.54) is 11.1 Å². The second-order valence-electron chi connectivity index (χ2n) is 9.24. The average Bonchev–Trinajstić information content (AvgIpc) is 3.28. The van der Waals surface area contributed by atoms with Crippen molar-refractivity contribution in [2.75, 3.05) is 0 Å². The van der Waals surface area contributed by atoms with E-state index in [1.807, 2.05) is 12.2 Å². The van der Waals surface area contributed by atoms with Crippen molar-refractivity contribution in [3.63, 3.8) is 0 Å². The number of aliphatic carboxylic acids is 1. The molecule has 0 bridgehead atoms. The van der Waals surface area contributed by atoms with Gasteiger partial charge in [0.1, 0.15) is 5.82 Å². The molecule has 2 N–H and O–H groups in total. The number of carboxylic acid groups (broad SMARTS) is 1. The Bertz CT molecular complexity index is 1310. The highest BCUT2D eigenvalue weighted by Crippen LogP contribution is 2.37. The van der Waals surface area contributed by atoms with Gasteiger partial charge in [0.05, 0.1) is 22.7 Å². The zero-order chi connectivity index (χ0) is 22.8. The maximum absolute atomic E-state index is 10.9. The molecule has 2 aromatic carbocycles. The van der Waals surface area contributed by atoms with Gasteiger partial charge >= 0.3 is 5.97 Å². The number of carboxylic acids is 1. The van der Waals surface area contributed by atoms with Gasteiger partial charge < -0.3 is 10.1 Å². The lowest BCUT2D eigenvalue weighted by Gasteiger charge is -2.28. The number of nitriles is 1. The molecular formula is C28H27N3O2. The molecule has 3 aromatic rings. The van der Waals surface area contributed by atoms with Crippen LogP contribution < -0.4 is 10.7 Å². The van der Waals surface area contributed by atoms with Gasteiger partial charge in [0.25, 0.3) is 0 Å². The molecule has 1 saturated carbocycles. The van der Waals surface area contributed by atoms with Crippen LogP contribution in [-0.2, 0) is 4.79 Å². The van der Waals surface area contributed by atoms with E-state index < -0.39 is 5.97 Å². The first-order chi connectivity index (χ1) is 16.1. The molecule has 1 fully saturated rings. The molecule has 0 radical (unpaired) electrons. The quantitative estimate of drug-likeness (QED) is 0.611. The molecule has 1 aromatic heterocycles. The lowest BCUT2D eigenvalue weighted by molar-refractivity contribution is -0.138. The first-order valence-electron chi connectivity index (χ1n) is 11.7. The summed E-state index contributed by atoms with van der Waals surface area (Å²) in [7, 11) is 0. The highest BCUT2D eigenvalue weighted by Gasteiger charge is 2.24. The van der Waals surface area contributed by atoms with E-state index in [4.69, 9.17) is 15.4 Å². The van der Waals surface area contributed by atoms with E-state index in [0.29, 0.717) is 24.7 Å². The number of aromatic nitrogens is 2. The van der Waals surface area contributed by atoms with Crippen LogP contribution in [0.15, 0.2) is 48.5 Å². The van der Waals surface area contributed by atoms with Crippen LogP contribution in [0.4, 0.5) is 0 Å². The summed E-state index contributed by atoms with van der Waals surface area (Å²) in [6.45, 7) is 0. The predicted molar refractivity (Wildman–Crippen MR) is 128 cm³/mol. The Kier molecular flexibility index (Phi) is 5.83. The molecule has 5 heteroatoms. The van der Waals surface area contributed by atoms with E-state index >= 15 is 0 Å². The largest absolute Gasteiger partial charge is 0.481 e. The normalized spacial score (nSPS) is 21.8. The molecule has 1 heterocycles. The smallest absolute Gasteiger partial charge is 0.303 e. The number of hydrogen-bond donors (Lipinski definition) is 2. The molecule has 166 valence electrons. The number of hydrogen-bond acceptors (Lipinski definition) is 3. The number of imidazole rings is 1. The Hall–Kier alpha value is -3.65. The van der Waals surface area contributed by atoms with Crippen molar-refractivity contribution >= 4 is 18.1 Å². The Morgan fingerprint density at radius 3 is 2.27 bits per heavy atom. The lowest BCUT2D eigenvalue weighted by Crippen LogP contribution is -2.28. The average molecular weight is 438 g/mol. The maximum atomic E-state index is 10.9. The van der Waals surface area contributed by atoms with Crippen molar-refractivity contribution in [3.05, 3.63) is 64.8 Å². The minimum absolute atomic E-state index is 0.0871. The molecule has 2 aliphatic carbocycles. The zero-order valence-electron chi connectivity index (χ0n) is 18.5. The molecule has 5 rings (SSSR count). The summed E-state index contributed by atoms with van der Waals surface area (Å²) >= 11 is 0. The number of fused-ring (bicyclic) bond motifs is 1. The van der Waals surface area contributed by atoms with Crippen LogP contribution in [0.25, 0.3) is 34.7 Å². The third-order valence-corrected chi connectivity index (χ3v) is 7.04. The molecule has 2 aliphatic rings. The Morgan fingerprint density at radius 2 is 1.64 bits per heavy atom. The first-order valence-corrected chi connectivity index (χ1v) is 11.7. The molecule has 1 atom stereocenters. The molecule has 0 aliphatic heterocycles. The topological polar surface area (TPSA) is 89.8 Å². The highest BCUT2D eigenvalue weighted by atomic mass is 16.4. The monoisotopic (exact) mass is 437 g/mol. The van der Waals surface area contributed by atoms with Crippen LogP contribution in [0.3, 0.4) is 0 Å². The van der Waals surface area contributed by atoms with Crippen molar-refractivity contribution in [1.29, 1.82) is 5.26 Å². The first kappa shape index (κ1) is 21.2. The second kappa shape index (κ2) is 9.07. The van der Waals surface area contributed by atoms with Crippen molar-refractivity contribution in [2.45, 2.75) is 44.4 Å². The molecule has 0 amide bonds. The maximum Gasteiger partial charge on any atom is 0.303 e. The van der Waals surface area contributed by atoms with Crippen LogP contribution in [0.5, 0.6) is 0 Å². The van der Waals surface area contributed by atoms with Gasteiger partial charge in [-0.1, -0.05) is 54.6 Å². The van der Waals surface area contributed by atoms with Crippen molar-refractivity contribution in [1.82, 2.24) is 9.97 Å². The van der Waals surface area contributed by atoms with Crippen LogP contribution in [0, 0.1) is 23.2 Å². The second-order valence-corrected chi connectivity index (χ2v) is 9.24. The molecule has 33 heavy (non-hydrogen) atoms. The number of carbonyl (C=O) groups is 1. The van der Waals surface area contributed by atoms with Gasteiger partial charge in [-0.25, -0.2) is 4.98 Å². The van der Waals surface area contributed by atoms with Gasteiger partial charge in [0.2, 0.25) is 0 Å². The molecule has 0 saturated heterocycles. The predicted octanol–water partition coefficient (Wildman–Crippen LogP) is 4.60.